The molecule has 2 amide bonds. The lowest BCUT2D eigenvalue weighted by molar-refractivity contribution is -0.120. The van der Waals surface area contributed by atoms with Crippen LogP contribution in [-0.4, -0.2) is 56.0 Å². The van der Waals surface area contributed by atoms with Crippen molar-refractivity contribution in [3.05, 3.63) is 59.8 Å². The molecule has 0 saturated carbocycles. The molecule has 1 aliphatic heterocycles. The van der Waals surface area contributed by atoms with E-state index < -0.39 is 11.9 Å². The van der Waals surface area contributed by atoms with E-state index in [1.54, 1.807) is 16.6 Å². The van der Waals surface area contributed by atoms with Crippen molar-refractivity contribution >= 4 is 17.6 Å². The van der Waals surface area contributed by atoms with E-state index in [9.17, 15) is 9.59 Å². The zero-order valence-corrected chi connectivity index (χ0v) is 20.2. The van der Waals surface area contributed by atoms with Gasteiger partial charge < -0.3 is 10.6 Å². The van der Waals surface area contributed by atoms with Crippen LogP contribution in [0.3, 0.4) is 0 Å². The molecule has 0 bridgehead atoms. The van der Waals surface area contributed by atoms with Gasteiger partial charge >= 0.3 is 0 Å². The summed E-state index contributed by atoms with van der Waals surface area (Å²) in [6.45, 7) is 9.06. The predicted octanol–water partition coefficient (Wildman–Crippen LogP) is 1.82. The second kappa shape index (κ2) is 9.76. The fourth-order valence-corrected chi connectivity index (χ4v) is 3.87. The molecule has 1 aromatic carbocycles. The second-order valence-electron chi connectivity index (χ2n) is 9.84. The Morgan fingerprint density at radius 1 is 1.18 bits per heavy atom. The monoisotopic (exact) mass is 464 g/mol. The van der Waals surface area contributed by atoms with Gasteiger partial charge in [0.25, 0.3) is 11.8 Å². The largest absolute Gasteiger partial charge is 0.337 e. The van der Waals surface area contributed by atoms with E-state index in [1.165, 1.54) is 6.33 Å². The molecule has 0 spiro atoms. The number of hydrogen-bond acceptors (Lipinski definition) is 6. The van der Waals surface area contributed by atoms with Crippen molar-refractivity contribution in [2.24, 2.45) is 5.41 Å². The normalized spacial score (nSPS) is 16.3. The molecule has 3 aromatic rings. The summed E-state index contributed by atoms with van der Waals surface area (Å²) in [6.07, 6.45) is 1.96. The number of aryl methyl sites for hydroxylation is 1. The molecule has 0 fully saturated rings. The molecule has 10 heteroatoms. The summed E-state index contributed by atoms with van der Waals surface area (Å²) in [5.41, 5.74) is 2.12. The Balaban J connectivity index is 1.37. The quantitative estimate of drug-likeness (QED) is 0.552. The Morgan fingerprint density at radius 2 is 1.94 bits per heavy atom. The summed E-state index contributed by atoms with van der Waals surface area (Å²) >= 11 is 0. The highest BCUT2D eigenvalue weighted by Gasteiger charge is 2.31. The Bertz CT molecular complexity index is 1150. The minimum atomic E-state index is -0.678. The van der Waals surface area contributed by atoms with Gasteiger partial charge in [-0.1, -0.05) is 51.1 Å². The molecule has 1 aliphatic rings. The Kier molecular flexibility index (Phi) is 6.78. The summed E-state index contributed by atoms with van der Waals surface area (Å²) in [6, 6.07) is 11.1. The van der Waals surface area contributed by atoms with Gasteiger partial charge in [-0.05, 0) is 17.4 Å². The molecule has 34 heavy (non-hydrogen) atoms. The highest BCUT2D eigenvalue weighted by Crippen LogP contribution is 2.21. The van der Waals surface area contributed by atoms with E-state index in [0.29, 0.717) is 26.1 Å². The van der Waals surface area contributed by atoms with Gasteiger partial charge in [0, 0.05) is 32.7 Å². The number of rotatable bonds is 7. The van der Waals surface area contributed by atoms with Crippen LogP contribution in [0, 0.1) is 5.41 Å². The van der Waals surface area contributed by atoms with Gasteiger partial charge in [0.1, 0.15) is 18.2 Å². The zero-order chi connectivity index (χ0) is 24.3. The van der Waals surface area contributed by atoms with Crippen LogP contribution in [0.5, 0.6) is 0 Å². The van der Waals surface area contributed by atoms with Gasteiger partial charge in [0.15, 0.2) is 0 Å². The van der Waals surface area contributed by atoms with Gasteiger partial charge in [0.05, 0.1) is 12.2 Å². The third-order valence-corrected chi connectivity index (χ3v) is 5.60. The summed E-state index contributed by atoms with van der Waals surface area (Å²) in [4.78, 5) is 31.5. The van der Waals surface area contributed by atoms with Crippen LogP contribution >= 0.6 is 0 Å². The first kappa shape index (κ1) is 23.6. The number of nitrogens with one attached hydrogen (secondary N) is 2. The number of aromatic nitrogens is 5. The molecule has 2 N–H and O–H groups in total. The van der Waals surface area contributed by atoms with E-state index in [4.69, 9.17) is 0 Å². The molecule has 4 rings (SSSR count). The van der Waals surface area contributed by atoms with Gasteiger partial charge in [-0.25, -0.2) is 14.3 Å². The molecule has 0 aliphatic carbocycles. The SMILES string of the molecule is CN1C(=O)[C@@H](NC(=O)c2ncn(Cc3ccccc3)n2)CCn2nc(CNCC(C)(C)C)cc21. The summed E-state index contributed by atoms with van der Waals surface area (Å²) in [5, 5.41) is 15.1. The number of benzene rings is 1. The minimum Gasteiger partial charge on any atom is -0.337 e. The Labute approximate surface area is 199 Å². The number of fused-ring (bicyclic) bond motifs is 1. The second-order valence-corrected chi connectivity index (χ2v) is 9.84. The van der Waals surface area contributed by atoms with E-state index in [0.717, 1.165) is 23.6 Å². The van der Waals surface area contributed by atoms with Crippen LogP contribution in [-0.2, 0) is 24.4 Å². The fourth-order valence-electron chi connectivity index (χ4n) is 3.87. The van der Waals surface area contributed by atoms with Crippen LogP contribution < -0.4 is 15.5 Å². The van der Waals surface area contributed by atoms with Crippen LogP contribution in [0.15, 0.2) is 42.7 Å². The predicted molar refractivity (Wildman–Crippen MR) is 128 cm³/mol. The lowest BCUT2D eigenvalue weighted by atomic mass is 9.97. The molecule has 0 unspecified atom stereocenters. The number of carbonyl (C=O) groups excluding carboxylic acids is 2. The molecule has 2 aromatic heterocycles. The van der Waals surface area contributed by atoms with Crippen molar-refractivity contribution in [3.63, 3.8) is 0 Å². The lowest BCUT2D eigenvalue weighted by Gasteiger charge is -2.20. The molecule has 10 nitrogen and oxygen atoms in total. The van der Waals surface area contributed by atoms with Crippen LogP contribution in [0.25, 0.3) is 0 Å². The molecule has 3 heterocycles. The summed E-state index contributed by atoms with van der Waals surface area (Å²) < 4.78 is 3.43. The number of likely N-dealkylation sites (N-methyl/N-ethyl adjacent to an activating group) is 1. The number of nitrogens with zero attached hydrogens (tertiary/aromatic N) is 6. The van der Waals surface area contributed by atoms with Crippen molar-refractivity contribution in [1.29, 1.82) is 0 Å². The van der Waals surface area contributed by atoms with E-state index in [-0.39, 0.29) is 17.1 Å². The van der Waals surface area contributed by atoms with Crippen LogP contribution in [0.4, 0.5) is 5.82 Å². The molecular weight excluding hydrogens is 432 g/mol. The van der Waals surface area contributed by atoms with Crippen LogP contribution in [0.1, 0.15) is 49.1 Å². The number of carbonyl (C=O) groups is 2. The Morgan fingerprint density at radius 3 is 2.68 bits per heavy atom. The summed E-state index contributed by atoms with van der Waals surface area (Å²) in [7, 11) is 1.71. The fraction of sp³-hybridized carbons (Fsp3) is 0.458. The van der Waals surface area contributed by atoms with Crippen molar-refractivity contribution in [2.75, 3.05) is 18.5 Å². The van der Waals surface area contributed by atoms with Crippen LogP contribution in [0.2, 0.25) is 0 Å². The molecule has 0 radical (unpaired) electrons. The van der Waals surface area contributed by atoms with Gasteiger partial charge in [-0.3, -0.25) is 14.5 Å². The molecule has 0 saturated heterocycles. The third kappa shape index (κ3) is 5.69. The highest BCUT2D eigenvalue weighted by atomic mass is 16.2. The topological polar surface area (TPSA) is 110 Å². The standard InChI is InChI=1S/C24H32N8O2/c1-24(2,3)15-25-13-18-12-20-30(4)23(34)19(10-11-32(20)28-18)27-22(33)21-26-16-31(29-21)14-17-8-6-5-7-9-17/h5-9,12,16,19,25H,10-11,13-15H2,1-4H3,(H,27,33)/t19-/m0/s1. The molecular formula is C24H32N8O2. The maximum Gasteiger partial charge on any atom is 0.291 e. The van der Waals surface area contributed by atoms with Gasteiger partial charge in [0.2, 0.25) is 5.82 Å². The van der Waals surface area contributed by atoms with Gasteiger partial charge in [-0.15, -0.1) is 5.10 Å². The first-order valence-corrected chi connectivity index (χ1v) is 11.5. The maximum absolute atomic E-state index is 13.1. The summed E-state index contributed by atoms with van der Waals surface area (Å²) in [5.74, 6) is 0.107. The zero-order valence-electron chi connectivity index (χ0n) is 20.2. The maximum atomic E-state index is 13.1. The van der Waals surface area contributed by atoms with Crippen molar-refractivity contribution in [2.45, 2.75) is 52.9 Å². The average molecular weight is 465 g/mol. The number of hydrogen-bond donors (Lipinski definition) is 2. The lowest BCUT2D eigenvalue weighted by Crippen LogP contribution is -2.47. The average Bonchev–Trinajstić information content (AvgIpc) is 3.40. The van der Waals surface area contributed by atoms with Crippen molar-refractivity contribution < 1.29 is 9.59 Å². The first-order valence-electron chi connectivity index (χ1n) is 11.5. The first-order chi connectivity index (χ1) is 16.2. The smallest absolute Gasteiger partial charge is 0.291 e. The minimum absolute atomic E-state index is 0.0422. The van der Waals surface area contributed by atoms with Crippen molar-refractivity contribution in [3.8, 4) is 0 Å². The van der Waals surface area contributed by atoms with Gasteiger partial charge in [-0.2, -0.15) is 5.10 Å². The van der Waals surface area contributed by atoms with E-state index in [2.05, 4.69) is 46.6 Å². The van der Waals surface area contributed by atoms with Crippen molar-refractivity contribution in [1.82, 2.24) is 35.2 Å². The third-order valence-electron chi connectivity index (χ3n) is 5.60. The molecule has 1 atom stereocenters. The highest BCUT2D eigenvalue weighted by molar-refractivity contribution is 6.00. The van der Waals surface area contributed by atoms with E-state index >= 15 is 0 Å². The number of amides is 2. The Hall–Kier alpha value is -3.53. The van der Waals surface area contributed by atoms with E-state index in [1.807, 2.05) is 41.1 Å². The number of anilines is 1. The molecule has 180 valence electrons.